The van der Waals surface area contributed by atoms with E-state index in [1.54, 1.807) is 12.1 Å². The Morgan fingerprint density at radius 3 is 2.52 bits per heavy atom. The van der Waals surface area contributed by atoms with Gasteiger partial charge in [-0.25, -0.2) is 9.78 Å². The molecule has 0 aliphatic heterocycles. The lowest BCUT2D eigenvalue weighted by Crippen LogP contribution is -2.42. The van der Waals surface area contributed by atoms with Crippen molar-refractivity contribution in [2.45, 2.75) is 26.5 Å². The van der Waals surface area contributed by atoms with Crippen LogP contribution in [0.2, 0.25) is 0 Å². The van der Waals surface area contributed by atoms with Crippen LogP contribution >= 0.6 is 0 Å². The molecule has 3 rings (SSSR count). The number of benzene rings is 1. The van der Waals surface area contributed by atoms with Gasteiger partial charge in [-0.2, -0.15) is 0 Å². The van der Waals surface area contributed by atoms with Crippen LogP contribution in [0.1, 0.15) is 29.8 Å². The Morgan fingerprint density at radius 1 is 1.18 bits per heavy atom. The summed E-state index contributed by atoms with van der Waals surface area (Å²) in [6, 6.07) is 12.3. The summed E-state index contributed by atoms with van der Waals surface area (Å²) in [5.74, 6) is -0.263. The first-order chi connectivity index (χ1) is 15.8. The van der Waals surface area contributed by atoms with Gasteiger partial charge < -0.3 is 15.2 Å². The van der Waals surface area contributed by atoms with Crippen LogP contribution in [0, 0.1) is 0 Å². The van der Waals surface area contributed by atoms with Crippen LogP contribution in [-0.4, -0.2) is 46.8 Å². The number of aromatic nitrogens is 3. The molecule has 10 heteroatoms. The molecule has 2 aromatic heterocycles. The minimum absolute atomic E-state index is 0.0381. The topological polar surface area (TPSA) is 133 Å². The van der Waals surface area contributed by atoms with E-state index >= 15 is 0 Å². The molecule has 0 atom stereocenters. The molecule has 0 fully saturated rings. The van der Waals surface area contributed by atoms with Gasteiger partial charge in [0.2, 0.25) is 5.88 Å². The first-order valence-corrected chi connectivity index (χ1v) is 10.4. The van der Waals surface area contributed by atoms with Crippen molar-refractivity contribution in [3.63, 3.8) is 0 Å². The number of amides is 1. The molecule has 2 heterocycles. The fraction of sp³-hybridized carbons (Fsp3) is 0.304. The second-order valence-corrected chi connectivity index (χ2v) is 7.57. The van der Waals surface area contributed by atoms with E-state index in [1.165, 1.54) is 22.8 Å². The summed E-state index contributed by atoms with van der Waals surface area (Å²) in [5, 5.41) is 0. The van der Waals surface area contributed by atoms with E-state index in [0.29, 0.717) is 5.88 Å². The standard InChI is InChI=1S/C23H27N5O5/c1-15(2)33-18-10-9-17(13-25-18)22(30)27(11-12-32-3)19-20(24)28(23(31)26-21(19)29)14-16-7-5-4-6-8-16/h4-10,13,15H,11-12,14,24H2,1-3H3,(H,26,29,31). The molecule has 10 nitrogen and oxygen atoms in total. The molecular formula is C23H27N5O5. The van der Waals surface area contributed by atoms with E-state index in [-0.39, 0.29) is 42.9 Å². The predicted octanol–water partition coefficient (Wildman–Crippen LogP) is 1.64. The van der Waals surface area contributed by atoms with Crippen molar-refractivity contribution < 1.29 is 14.3 Å². The summed E-state index contributed by atoms with van der Waals surface area (Å²) < 4.78 is 11.9. The van der Waals surface area contributed by atoms with Crippen molar-refractivity contribution in [1.29, 1.82) is 0 Å². The van der Waals surface area contributed by atoms with E-state index < -0.39 is 17.2 Å². The number of aromatic amines is 1. The lowest BCUT2D eigenvalue weighted by Gasteiger charge is -2.24. The second kappa shape index (κ2) is 10.6. The van der Waals surface area contributed by atoms with Gasteiger partial charge in [-0.3, -0.25) is 24.0 Å². The number of hydrogen-bond acceptors (Lipinski definition) is 7. The monoisotopic (exact) mass is 453 g/mol. The van der Waals surface area contributed by atoms with E-state index in [0.717, 1.165) is 5.56 Å². The maximum Gasteiger partial charge on any atom is 0.330 e. The highest BCUT2D eigenvalue weighted by Gasteiger charge is 2.25. The number of carbonyl (C=O) groups excluding carboxylic acids is 1. The quantitative estimate of drug-likeness (QED) is 0.503. The molecule has 0 unspecified atom stereocenters. The van der Waals surface area contributed by atoms with Gasteiger partial charge in [0, 0.05) is 25.9 Å². The third kappa shape index (κ3) is 5.66. The maximum absolute atomic E-state index is 13.3. The van der Waals surface area contributed by atoms with Gasteiger partial charge in [0.25, 0.3) is 11.5 Å². The third-order valence-corrected chi connectivity index (χ3v) is 4.77. The summed E-state index contributed by atoms with van der Waals surface area (Å²) in [6.45, 7) is 4.05. The molecule has 0 aliphatic carbocycles. The van der Waals surface area contributed by atoms with Gasteiger partial charge in [-0.05, 0) is 25.5 Å². The lowest BCUT2D eigenvalue weighted by atomic mass is 10.2. The van der Waals surface area contributed by atoms with E-state index in [1.807, 2.05) is 44.2 Å². The number of rotatable bonds is 9. The summed E-state index contributed by atoms with van der Waals surface area (Å²) in [7, 11) is 1.48. The van der Waals surface area contributed by atoms with Crippen LogP contribution < -0.4 is 26.6 Å². The number of nitrogens with one attached hydrogen (secondary N) is 1. The van der Waals surface area contributed by atoms with Gasteiger partial charge >= 0.3 is 5.69 Å². The normalized spacial score (nSPS) is 10.9. The van der Waals surface area contributed by atoms with Gasteiger partial charge in [-0.15, -0.1) is 0 Å². The average Bonchev–Trinajstić information content (AvgIpc) is 2.79. The summed E-state index contributed by atoms with van der Waals surface area (Å²) in [4.78, 5) is 46.2. The zero-order valence-corrected chi connectivity index (χ0v) is 18.8. The van der Waals surface area contributed by atoms with Crippen molar-refractivity contribution in [2.75, 3.05) is 30.9 Å². The van der Waals surface area contributed by atoms with Gasteiger partial charge in [0.05, 0.1) is 24.8 Å². The number of anilines is 2. The van der Waals surface area contributed by atoms with Crippen LogP contribution in [-0.2, 0) is 11.3 Å². The second-order valence-electron chi connectivity index (χ2n) is 7.57. The third-order valence-electron chi connectivity index (χ3n) is 4.77. The largest absolute Gasteiger partial charge is 0.475 e. The Balaban J connectivity index is 2.03. The van der Waals surface area contributed by atoms with Gasteiger partial charge in [-0.1, -0.05) is 30.3 Å². The Morgan fingerprint density at radius 2 is 1.91 bits per heavy atom. The van der Waals surface area contributed by atoms with Crippen LogP contribution in [0.15, 0.2) is 58.3 Å². The van der Waals surface area contributed by atoms with Crippen molar-refractivity contribution in [3.05, 3.63) is 80.6 Å². The average molecular weight is 453 g/mol. The predicted molar refractivity (Wildman–Crippen MR) is 125 cm³/mol. The minimum atomic E-state index is -0.765. The minimum Gasteiger partial charge on any atom is -0.475 e. The van der Waals surface area contributed by atoms with Crippen molar-refractivity contribution >= 4 is 17.4 Å². The van der Waals surface area contributed by atoms with E-state index in [4.69, 9.17) is 15.2 Å². The summed E-state index contributed by atoms with van der Waals surface area (Å²) in [6.07, 6.45) is 1.30. The highest BCUT2D eigenvalue weighted by molar-refractivity contribution is 6.07. The number of nitrogens with zero attached hydrogens (tertiary/aromatic N) is 3. The molecule has 0 aliphatic rings. The Bertz CT molecular complexity index is 1200. The van der Waals surface area contributed by atoms with E-state index in [2.05, 4.69) is 9.97 Å². The summed E-state index contributed by atoms with van der Waals surface area (Å²) >= 11 is 0. The van der Waals surface area contributed by atoms with E-state index in [9.17, 15) is 14.4 Å². The van der Waals surface area contributed by atoms with Crippen LogP contribution in [0.25, 0.3) is 0 Å². The van der Waals surface area contributed by atoms with Crippen LogP contribution in [0.4, 0.5) is 11.5 Å². The number of ether oxygens (including phenoxy) is 2. The highest BCUT2D eigenvalue weighted by Crippen LogP contribution is 2.21. The van der Waals surface area contributed by atoms with Crippen molar-refractivity contribution in [2.24, 2.45) is 0 Å². The molecule has 1 amide bonds. The van der Waals surface area contributed by atoms with Gasteiger partial charge in [0.15, 0.2) is 5.69 Å². The molecule has 0 spiro atoms. The van der Waals surface area contributed by atoms with Crippen LogP contribution in [0.5, 0.6) is 5.88 Å². The Hall–Kier alpha value is -3.92. The molecule has 0 saturated carbocycles. The molecule has 0 saturated heterocycles. The fourth-order valence-corrected chi connectivity index (χ4v) is 3.23. The highest BCUT2D eigenvalue weighted by atomic mass is 16.5. The molecule has 174 valence electrons. The summed E-state index contributed by atoms with van der Waals surface area (Å²) in [5.41, 5.74) is 5.75. The zero-order chi connectivity index (χ0) is 24.0. The lowest BCUT2D eigenvalue weighted by molar-refractivity contribution is 0.0975. The molecule has 0 radical (unpaired) electrons. The first kappa shape index (κ1) is 23.7. The molecule has 33 heavy (non-hydrogen) atoms. The SMILES string of the molecule is COCCN(C(=O)c1ccc(OC(C)C)nc1)c1c(N)n(Cc2ccccc2)c(=O)[nH]c1=O. The number of carbonyl (C=O) groups is 1. The zero-order valence-electron chi connectivity index (χ0n) is 18.8. The molecule has 0 bridgehead atoms. The van der Waals surface area contributed by atoms with Gasteiger partial charge in [0.1, 0.15) is 5.82 Å². The molecule has 3 N–H and O–H groups in total. The molecule has 3 aromatic rings. The number of pyridine rings is 1. The number of nitrogens with two attached hydrogens (primary N) is 1. The Labute approximate surface area is 190 Å². The smallest absolute Gasteiger partial charge is 0.330 e. The van der Waals surface area contributed by atoms with Crippen LogP contribution in [0.3, 0.4) is 0 Å². The number of H-pyrrole nitrogens is 1. The molecular weight excluding hydrogens is 426 g/mol. The first-order valence-electron chi connectivity index (χ1n) is 10.4. The van der Waals surface area contributed by atoms with Crippen molar-refractivity contribution in [3.8, 4) is 5.88 Å². The Kier molecular flexibility index (Phi) is 7.62. The number of nitrogen functional groups attached to an aromatic ring is 1. The number of hydrogen-bond donors (Lipinski definition) is 2. The fourth-order valence-electron chi connectivity index (χ4n) is 3.23. The number of methoxy groups -OCH3 is 1. The maximum atomic E-state index is 13.3. The molecule has 1 aromatic carbocycles. The van der Waals surface area contributed by atoms with Crippen molar-refractivity contribution in [1.82, 2.24) is 14.5 Å².